The molecule has 0 bridgehead atoms. The predicted molar refractivity (Wildman–Crippen MR) is 164 cm³/mol. The fourth-order valence-corrected chi connectivity index (χ4v) is 4.85. The van der Waals surface area contributed by atoms with Crippen molar-refractivity contribution in [3.63, 3.8) is 0 Å². The van der Waals surface area contributed by atoms with Crippen LogP contribution < -0.4 is 11.1 Å². The Hall–Kier alpha value is -3.79. The van der Waals surface area contributed by atoms with E-state index in [-0.39, 0.29) is 29.4 Å². The van der Waals surface area contributed by atoms with Gasteiger partial charge in [0.15, 0.2) is 5.11 Å². The Morgan fingerprint density at radius 2 is 1.84 bits per heavy atom. The molecule has 1 unspecified atom stereocenters. The number of alkyl halides is 3. The lowest BCUT2D eigenvalue weighted by Gasteiger charge is -2.40. The molecule has 0 spiro atoms. The van der Waals surface area contributed by atoms with E-state index in [0.29, 0.717) is 24.3 Å². The van der Waals surface area contributed by atoms with Gasteiger partial charge in [0.1, 0.15) is 5.78 Å². The van der Waals surface area contributed by atoms with Gasteiger partial charge in [-0.3, -0.25) is 4.79 Å². The number of nitrogens with one attached hydrogen (secondary N) is 1. The molecule has 0 saturated carbocycles. The fraction of sp³-hybridized carbons (Fsp3) is 0.419. The Labute approximate surface area is 256 Å². The van der Waals surface area contributed by atoms with Gasteiger partial charge in [-0.1, -0.05) is 30.3 Å². The number of thiocarbonyl (C=S) groups is 1. The minimum absolute atomic E-state index is 0.00614. The highest BCUT2D eigenvalue weighted by molar-refractivity contribution is 7.80. The highest BCUT2D eigenvalue weighted by Gasteiger charge is 2.40. The maximum absolute atomic E-state index is 13.9. The van der Waals surface area contributed by atoms with Crippen molar-refractivity contribution in [3.8, 4) is 6.07 Å². The number of ketones is 1. The van der Waals surface area contributed by atoms with Gasteiger partial charge >= 0.3 is 6.18 Å². The molecule has 0 aliphatic rings. The maximum atomic E-state index is 13.9. The van der Waals surface area contributed by atoms with E-state index in [9.17, 15) is 18.0 Å². The predicted octanol–water partition coefficient (Wildman–Crippen LogP) is 4.57. The maximum Gasteiger partial charge on any atom is 0.416 e. The monoisotopic (exact) mass is 613 g/mol. The minimum atomic E-state index is -4.56. The number of hydrogen-bond donors (Lipinski definition) is 2. The van der Waals surface area contributed by atoms with E-state index >= 15 is 0 Å². The van der Waals surface area contributed by atoms with Crippen LogP contribution in [0.2, 0.25) is 0 Å². The summed E-state index contributed by atoms with van der Waals surface area (Å²) in [5.41, 5.74) is 6.88. The Balaban J connectivity index is 1.83. The lowest BCUT2D eigenvalue weighted by atomic mass is 9.82. The first-order valence-electron chi connectivity index (χ1n) is 13.8. The molecule has 0 saturated heterocycles. The van der Waals surface area contributed by atoms with Crippen LogP contribution in [-0.4, -0.2) is 63.6 Å². The highest BCUT2D eigenvalue weighted by atomic mass is 32.1. The van der Waals surface area contributed by atoms with Crippen LogP contribution in [0.5, 0.6) is 0 Å². The number of carbonyl (C=O) groups excluding carboxylic acids is 1. The van der Waals surface area contributed by atoms with Crippen molar-refractivity contribution in [2.24, 2.45) is 11.1 Å². The van der Waals surface area contributed by atoms with E-state index in [0.717, 1.165) is 24.6 Å². The lowest BCUT2D eigenvalue weighted by Crippen LogP contribution is -2.58. The molecule has 0 amide bonds. The summed E-state index contributed by atoms with van der Waals surface area (Å²) in [7, 11) is 3.89. The van der Waals surface area contributed by atoms with E-state index in [1.807, 2.05) is 35.7 Å². The Bertz CT molecular complexity index is 1430. The fourth-order valence-electron chi connectivity index (χ4n) is 4.57. The Morgan fingerprint density at radius 3 is 2.47 bits per heavy atom. The molecule has 1 heterocycles. The Morgan fingerprint density at radius 1 is 1.16 bits per heavy atom. The molecular formula is C31H38F3N7OS. The zero-order valence-electron chi connectivity index (χ0n) is 24.9. The second-order valence-electron chi connectivity index (χ2n) is 11.3. The lowest BCUT2D eigenvalue weighted by molar-refractivity contribution is -0.138. The quantitative estimate of drug-likeness (QED) is 0.164. The van der Waals surface area contributed by atoms with Gasteiger partial charge in [0, 0.05) is 37.9 Å². The summed E-state index contributed by atoms with van der Waals surface area (Å²) in [5.74, 6) is -0.217. The van der Waals surface area contributed by atoms with Crippen molar-refractivity contribution >= 4 is 23.1 Å². The number of rotatable bonds is 13. The number of aromatic nitrogens is 2. The van der Waals surface area contributed by atoms with Gasteiger partial charge in [-0.05, 0) is 82.5 Å². The van der Waals surface area contributed by atoms with Crippen LogP contribution in [0.1, 0.15) is 48.2 Å². The SMILES string of the molecule is CN(C)CCCNC(=S)N(Cc1ccccc1C(F)(F)F)C(N)C(C)(C)C(=O)Cc1cncn1Cc1ccc(C#N)cc1. The molecule has 2 aromatic carbocycles. The number of nitrogens with zero attached hydrogens (tertiary/aromatic N) is 5. The molecule has 0 radical (unpaired) electrons. The van der Waals surface area contributed by atoms with Gasteiger partial charge in [-0.15, -0.1) is 0 Å². The Kier molecular flexibility index (Phi) is 11.4. The molecule has 230 valence electrons. The first-order chi connectivity index (χ1) is 20.2. The van der Waals surface area contributed by atoms with E-state index < -0.39 is 23.3 Å². The van der Waals surface area contributed by atoms with Crippen LogP contribution in [0.25, 0.3) is 0 Å². The topological polar surface area (TPSA) is 103 Å². The number of carbonyl (C=O) groups is 1. The van der Waals surface area contributed by atoms with Crippen molar-refractivity contribution < 1.29 is 18.0 Å². The van der Waals surface area contributed by atoms with E-state index in [1.165, 1.54) is 23.1 Å². The van der Waals surface area contributed by atoms with Crippen molar-refractivity contribution in [3.05, 3.63) is 89.0 Å². The normalized spacial score (nSPS) is 12.6. The third kappa shape index (κ3) is 9.10. The zero-order chi connectivity index (χ0) is 31.8. The third-order valence-electron chi connectivity index (χ3n) is 7.35. The molecule has 1 atom stereocenters. The summed E-state index contributed by atoms with van der Waals surface area (Å²) >= 11 is 5.64. The standard InChI is InChI=1S/C31H38F3N7OS/c1-30(2,27(42)16-25-18-37-21-40(25)19-23-12-10-22(17-35)11-13-23)28(36)41(29(43)38-14-7-15-39(3)4)20-24-8-5-6-9-26(24)31(32,33)34/h5-6,8-13,18,21,28H,7,14-16,19-20,36H2,1-4H3,(H,38,43). The largest absolute Gasteiger partial charge is 0.416 e. The number of imidazole rings is 1. The van der Waals surface area contributed by atoms with Crippen LogP contribution in [0.4, 0.5) is 13.2 Å². The summed E-state index contributed by atoms with van der Waals surface area (Å²) in [5, 5.41) is 12.3. The van der Waals surface area contributed by atoms with Crippen LogP contribution in [-0.2, 0) is 30.5 Å². The van der Waals surface area contributed by atoms with Gasteiger partial charge in [-0.25, -0.2) is 4.98 Å². The third-order valence-corrected chi connectivity index (χ3v) is 7.73. The van der Waals surface area contributed by atoms with Crippen molar-refractivity contribution in [2.45, 2.75) is 52.1 Å². The van der Waals surface area contributed by atoms with Crippen LogP contribution in [0, 0.1) is 16.7 Å². The van der Waals surface area contributed by atoms with Crippen LogP contribution in [0.15, 0.2) is 61.1 Å². The first kappa shape index (κ1) is 33.7. The van der Waals surface area contributed by atoms with E-state index in [2.05, 4.69) is 16.4 Å². The smallest absolute Gasteiger partial charge is 0.362 e. The molecule has 3 aromatic rings. The van der Waals surface area contributed by atoms with E-state index in [1.54, 1.807) is 38.5 Å². The molecule has 0 aliphatic heterocycles. The summed E-state index contributed by atoms with van der Waals surface area (Å²) in [4.78, 5) is 21.5. The van der Waals surface area contributed by atoms with E-state index in [4.69, 9.17) is 23.2 Å². The van der Waals surface area contributed by atoms with Crippen molar-refractivity contribution in [1.82, 2.24) is 24.7 Å². The summed E-state index contributed by atoms with van der Waals surface area (Å²) in [6.45, 7) is 4.85. The number of halogens is 3. The summed E-state index contributed by atoms with van der Waals surface area (Å²) < 4.78 is 43.4. The molecule has 0 fully saturated rings. The summed E-state index contributed by atoms with van der Waals surface area (Å²) in [6.07, 6.45) is -1.61. The molecular weight excluding hydrogens is 575 g/mol. The number of nitrogens with two attached hydrogens (primary N) is 1. The van der Waals surface area contributed by atoms with Gasteiger partial charge < -0.3 is 25.4 Å². The van der Waals surface area contributed by atoms with Crippen molar-refractivity contribution in [1.29, 1.82) is 5.26 Å². The molecule has 12 heteroatoms. The van der Waals surface area contributed by atoms with Gasteiger partial charge in [0.2, 0.25) is 0 Å². The molecule has 3 rings (SSSR count). The molecule has 43 heavy (non-hydrogen) atoms. The second-order valence-corrected chi connectivity index (χ2v) is 11.6. The minimum Gasteiger partial charge on any atom is -0.362 e. The number of nitriles is 1. The van der Waals surface area contributed by atoms with Crippen LogP contribution in [0.3, 0.4) is 0 Å². The molecule has 0 aliphatic carbocycles. The zero-order valence-corrected chi connectivity index (χ0v) is 25.7. The highest BCUT2D eigenvalue weighted by Crippen LogP contribution is 2.34. The van der Waals surface area contributed by atoms with Gasteiger partial charge in [0.05, 0.1) is 35.1 Å². The van der Waals surface area contributed by atoms with Crippen LogP contribution >= 0.6 is 12.2 Å². The number of hydrogen-bond acceptors (Lipinski definition) is 6. The van der Waals surface area contributed by atoms with Gasteiger partial charge in [-0.2, -0.15) is 18.4 Å². The number of benzene rings is 2. The average Bonchev–Trinajstić information content (AvgIpc) is 3.39. The molecule has 3 N–H and O–H groups in total. The molecule has 1 aromatic heterocycles. The first-order valence-corrected chi connectivity index (χ1v) is 14.3. The number of Topliss-reactive ketones (excluding diaryl/α,β-unsaturated/α-hetero) is 1. The average molecular weight is 614 g/mol. The van der Waals surface area contributed by atoms with Gasteiger partial charge in [0.25, 0.3) is 0 Å². The van der Waals surface area contributed by atoms with Crippen molar-refractivity contribution in [2.75, 3.05) is 27.2 Å². The second kappa shape index (κ2) is 14.6. The summed E-state index contributed by atoms with van der Waals surface area (Å²) in [6, 6.07) is 14.5. The molecule has 8 nitrogen and oxygen atoms in total.